The average Bonchev–Trinajstić information content (AvgIpc) is 2.89. The summed E-state index contributed by atoms with van der Waals surface area (Å²) in [6, 6.07) is 6.39. The largest absolute Gasteiger partial charge is 0.393 e. The molecule has 0 saturated heterocycles. The Balaban J connectivity index is 1.81. The first-order valence-corrected chi connectivity index (χ1v) is 7.34. The molecule has 1 aliphatic rings. The number of rotatable bonds is 5. The number of carbonyl (C=O) groups excluding carboxylic acids is 1. The van der Waals surface area contributed by atoms with Gasteiger partial charge in [-0.1, -0.05) is 18.2 Å². The molecule has 1 aromatic rings. The standard InChI is InChI=1S/C16H24N2O2/c1-12(19)8-9-18(2)16(20)17-11-13-6-7-14-4-3-5-15(14)10-13/h6-7,10,12,19H,3-5,8-9,11H2,1-2H3,(H,17,20). The number of nitrogens with one attached hydrogen (secondary N) is 1. The Labute approximate surface area is 120 Å². The lowest BCUT2D eigenvalue weighted by molar-refractivity contribution is 0.163. The molecule has 2 N–H and O–H groups in total. The van der Waals surface area contributed by atoms with Gasteiger partial charge in [-0.15, -0.1) is 0 Å². The fourth-order valence-corrected chi connectivity index (χ4v) is 2.53. The van der Waals surface area contributed by atoms with E-state index >= 15 is 0 Å². The lowest BCUT2D eigenvalue weighted by Gasteiger charge is -2.18. The molecule has 0 aromatic heterocycles. The van der Waals surface area contributed by atoms with Crippen LogP contribution in [0, 0.1) is 0 Å². The van der Waals surface area contributed by atoms with E-state index < -0.39 is 0 Å². The van der Waals surface area contributed by atoms with E-state index in [-0.39, 0.29) is 12.1 Å². The second kappa shape index (κ2) is 6.75. The number of amides is 2. The molecule has 1 aliphatic carbocycles. The molecule has 110 valence electrons. The summed E-state index contributed by atoms with van der Waals surface area (Å²) >= 11 is 0. The minimum Gasteiger partial charge on any atom is -0.393 e. The van der Waals surface area contributed by atoms with Gasteiger partial charge < -0.3 is 15.3 Å². The van der Waals surface area contributed by atoms with Gasteiger partial charge in [0.1, 0.15) is 0 Å². The normalized spacial score (nSPS) is 14.8. The van der Waals surface area contributed by atoms with Gasteiger partial charge in [0.05, 0.1) is 6.10 Å². The zero-order valence-electron chi connectivity index (χ0n) is 12.4. The topological polar surface area (TPSA) is 52.6 Å². The highest BCUT2D eigenvalue weighted by Gasteiger charge is 2.12. The van der Waals surface area contributed by atoms with Crippen LogP contribution >= 0.6 is 0 Å². The highest BCUT2D eigenvalue weighted by molar-refractivity contribution is 5.73. The van der Waals surface area contributed by atoms with Crippen LogP contribution in [0.1, 0.15) is 36.5 Å². The van der Waals surface area contributed by atoms with Gasteiger partial charge in [-0.3, -0.25) is 0 Å². The zero-order chi connectivity index (χ0) is 14.5. The van der Waals surface area contributed by atoms with Crippen LogP contribution in [0.15, 0.2) is 18.2 Å². The van der Waals surface area contributed by atoms with E-state index in [0.717, 1.165) is 12.0 Å². The molecule has 1 unspecified atom stereocenters. The Morgan fingerprint density at radius 3 is 2.90 bits per heavy atom. The van der Waals surface area contributed by atoms with Gasteiger partial charge in [0.15, 0.2) is 0 Å². The lowest BCUT2D eigenvalue weighted by atomic mass is 10.1. The quantitative estimate of drug-likeness (QED) is 0.865. The summed E-state index contributed by atoms with van der Waals surface area (Å²) in [5, 5.41) is 12.1. The van der Waals surface area contributed by atoms with Gasteiger partial charge in [-0.05, 0) is 49.3 Å². The van der Waals surface area contributed by atoms with E-state index in [1.165, 1.54) is 24.0 Å². The maximum Gasteiger partial charge on any atom is 0.317 e. The number of hydrogen-bond donors (Lipinski definition) is 2. The third-order valence-electron chi connectivity index (χ3n) is 3.84. The average molecular weight is 276 g/mol. The van der Waals surface area contributed by atoms with Gasteiger partial charge in [-0.25, -0.2) is 4.79 Å². The second-order valence-electron chi connectivity index (χ2n) is 5.67. The molecule has 0 radical (unpaired) electrons. The monoisotopic (exact) mass is 276 g/mol. The van der Waals surface area contributed by atoms with Crippen molar-refractivity contribution in [2.75, 3.05) is 13.6 Å². The maximum absolute atomic E-state index is 11.9. The van der Waals surface area contributed by atoms with Crippen LogP contribution in [0.25, 0.3) is 0 Å². The third kappa shape index (κ3) is 3.97. The number of benzene rings is 1. The van der Waals surface area contributed by atoms with Gasteiger partial charge >= 0.3 is 6.03 Å². The number of nitrogens with zero attached hydrogens (tertiary/aromatic N) is 1. The van der Waals surface area contributed by atoms with Crippen molar-refractivity contribution in [3.05, 3.63) is 34.9 Å². The Morgan fingerprint density at radius 2 is 2.15 bits per heavy atom. The lowest BCUT2D eigenvalue weighted by Crippen LogP contribution is -2.38. The molecular weight excluding hydrogens is 252 g/mol. The first-order chi connectivity index (χ1) is 9.56. The fraction of sp³-hybridized carbons (Fsp3) is 0.562. The SMILES string of the molecule is CC(O)CCN(C)C(=O)NCc1ccc2c(c1)CCC2. The van der Waals surface area contributed by atoms with Gasteiger partial charge in [0.2, 0.25) is 0 Å². The summed E-state index contributed by atoms with van der Waals surface area (Å²) in [5.74, 6) is 0. The molecule has 0 spiro atoms. The van der Waals surface area contributed by atoms with Crippen LogP contribution in [0.2, 0.25) is 0 Å². The smallest absolute Gasteiger partial charge is 0.317 e. The molecule has 1 aromatic carbocycles. The molecule has 1 atom stereocenters. The third-order valence-corrected chi connectivity index (χ3v) is 3.84. The number of fused-ring (bicyclic) bond motifs is 1. The van der Waals surface area contributed by atoms with E-state index in [1.54, 1.807) is 18.9 Å². The van der Waals surface area contributed by atoms with Crippen molar-refractivity contribution in [3.63, 3.8) is 0 Å². The molecule has 0 aliphatic heterocycles. The Bertz CT molecular complexity index is 472. The van der Waals surface area contributed by atoms with Crippen molar-refractivity contribution in [2.24, 2.45) is 0 Å². The number of aryl methyl sites for hydroxylation is 2. The van der Waals surface area contributed by atoms with E-state index in [0.29, 0.717) is 19.5 Å². The number of hydrogen-bond acceptors (Lipinski definition) is 2. The second-order valence-corrected chi connectivity index (χ2v) is 5.67. The van der Waals surface area contributed by atoms with Crippen molar-refractivity contribution in [2.45, 2.75) is 45.3 Å². The highest BCUT2D eigenvalue weighted by atomic mass is 16.3. The molecular formula is C16H24N2O2. The van der Waals surface area contributed by atoms with E-state index in [4.69, 9.17) is 0 Å². The molecule has 2 amide bonds. The molecule has 0 saturated carbocycles. The maximum atomic E-state index is 11.9. The van der Waals surface area contributed by atoms with E-state index in [1.807, 2.05) is 0 Å². The summed E-state index contributed by atoms with van der Waals surface area (Å²) in [5.41, 5.74) is 4.04. The first-order valence-electron chi connectivity index (χ1n) is 7.34. The van der Waals surface area contributed by atoms with Crippen LogP contribution in [-0.2, 0) is 19.4 Å². The van der Waals surface area contributed by atoms with Crippen molar-refractivity contribution >= 4 is 6.03 Å². The van der Waals surface area contributed by atoms with Crippen LogP contribution in [0.5, 0.6) is 0 Å². The summed E-state index contributed by atoms with van der Waals surface area (Å²) in [6.45, 7) is 2.86. The Hall–Kier alpha value is -1.55. The number of urea groups is 1. The highest BCUT2D eigenvalue weighted by Crippen LogP contribution is 2.22. The molecule has 4 nitrogen and oxygen atoms in total. The number of aliphatic hydroxyl groups excluding tert-OH is 1. The Morgan fingerprint density at radius 1 is 1.40 bits per heavy atom. The zero-order valence-corrected chi connectivity index (χ0v) is 12.4. The summed E-state index contributed by atoms with van der Waals surface area (Å²) in [4.78, 5) is 13.5. The predicted molar refractivity (Wildman–Crippen MR) is 79.6 cm³/mol. The van der Waals surface area contributed by atoms with Crippen molar-refractivity contribution < 1.29 is 9.90 Å². The van der Waals surface area contributed by atoms with Crippen LogP contribution in [0.3, 0.4) is 0 Å². The van der Waals surface area contributed by atoms with Gasteiger partial charge in [0, 0.05) is 20.1 Å². The molecule has 20 heavy (non-hydrogen) atoms. The summed E-state index contributed by atoms with van der Waals surface area (Å²) < 4.78 is 0. The van der Waals surface area contributed by atoms with Crippen LogP contribution in [0.4, 0.5) is 4.79 Å². The fourth-order valence-electron chi connectivity index (χ4n) is 2.53. The summed E-state index contributed by atoms with van der Waals surface area (Å²) in [7, 11) is 1.75. The van der Waals surface area contributed by atoms with Crippen LogP contribution in [-0.4, -0.2) is 35.7 Å². The molecule has 0 heterocycles. The minimum absolute atomic E-state index is 0.0915. The van der Waals surface area contributed by atoms with E-state index in [9.17, 15) is 9.90 Å². The molecule has 0 fully saturated rings. The van der Waals surface area contributed by atoms with E-state index in [2.05, 4.69) is 23.5 Å². The Kier molecular flexibility index (Phi) is 5.01. The first kappa shape index (κ1) is 14.9. The summed E-state index contributed by atoms with van der Waals surface area (Å²) in [6.07, 6.45) is 3.81. The van der Waals surface area contributed by atoms with Gasteiger partial charge in [-0.2, -0.15) is 0 Å². The molecule has 2 rings (SSSR count). The predicted octanol–water partition coefficient (Wildman–Crippen LogP) is 2.09. The molecule has 0 bridgehead atoms. The van der Waals surface area contributed by atoms with Crippen LogP contribution < -0.4 is 5.32 Å². The van der Waals surface area contributed by atoms with Crippen molar-refractivity contribution in [3.8, 4) is 0 Å². The van der Waals surface area contributed by atoms with Crippen molar-refractivity contribution in [1.29, 1.82) is 0 Å². The van der Waals surface area contributed by atoms with Gasteiger partial charge in [0.25, 0.3) is 0 Å². The number of carbonyl (C=O) groups is 1. The molecule has 4 heteroatoms. The minimum atomic E-state index is -0.373. The van der Waals surface area contributed by atoms with Crippen molar-refractivity contribution in [1.82, 2.24) is 10.2 Å². The number of aliphatic hydroxyl groups is 1.